The van der Waals surface area contributed by atoms with Gasteiger partial charge in [0.1, 0.15) is 5.82 Å². The van der Waals surface area contributed by atoms with E-state index in [9.17, 15) is 4.79 Å². The van der Waals surface area contributed by atoms with Gasteiger partial charge in [-0.1, -0.05) is 18.2 Å². The van der Waals surface area contributed by atoms with Crippen LogP contribution in [0, 0.1) is 0 Å². The fourth-order valence-corrected chi connectivity index (χ4v) is 3.54. The molecular weight excluding hydrogens is 380 g/mol. The molecule has 1 aromatic carbocycles. The van der Waals surface area contributed by atoms with Crippen molar-refractivity contribution in [2.45, 2.75) is 0 Å². The van der Waals surface area contributed by atoms with Gasteiger partial charge < -0.3 is 24.9 Å². The summed E-state index contributed by atoms with van der Waals surface area (Å²) in [4.78, 5) is 25.4. The normalized spacial score (nSPS) is 14.8. The Bertz CT molecular complexity index is 1010. The predicted molar refractivity (Wildman–Crippen MR) is 118 cm³/mol. The third-order valence-corrected chi connectivity index (χ3v) is 5.12. The summed E-state index contributed by atoms with van der Waals surface area (Å²) in [5, 5.41) is 7.86. The largest absolute Gasteiger partial charge is 0.459 e. The van der Waals surface area contributed by atoms with Crippen molar-refractivity contribution in [2.24, 2.45) is 4.99 Å². The molecule has 2 aromatic heterocycles. The number of hydrogen-bond acceptors (Lipinski definition) is 5. The number of pyridine rings is 1. The predicted octanol–water partition coefficient (Wildman–Crippen LogP) is 2.27. The number of guanidine groups is 1. The molecule has 1 fully saturated rings. The van der Waals surface area contributed by atoms with E-state index in [2.05, 4.69) is 37.6 Å². The van der Waals surface area contributed by atoms with E-state index in [1.54, 1.807) is 19.2 Å². The molecule has 8 nitrogen and oxygen atoms in total. The van der Waals surface area contributed by atoms with Gasteiger partial charge in [0.15, 0.2) is 11.7 Å². The van der Waals surface area contributed by atoms with Gasteiger partial charge in [-0.2, -0.15) is 0 Å². The fourth-order valence-electron chi connectivity index (χ4n) is 3.54. The minimum absolute atomic E-state index is 0.0605. The second-order valence-corrected chi connectivity index (χ2v) is 7.05. The number of aromatic nitrogens is 1. The van der Waals surface area contributed by atoms with Gasteiger partial charge in [0.2, 0.25) is 0 Å². The lowest BCUT2D eigenvalue weighted by Gasteiger charge is -2.36. The summed E-state index contributed by atoms with van der Waals surface area (Å²) < 4.78 is 5.22. The summed E-state index contributed by atoms with van der Waals surface area (Å²) in [5.74, 6) is 2.03. The third-order valence-electron chi connectivity index (χ3n) is 5.12. The van der Waals surface area contributed by atoms with Crippen LogP contribution in [0.5, 0.6) is 0 Å². The molecule has 30 heavy (non-hydrogen) atoms. The Labute approximate surface area is 175 Å². The highest BCUT2D eigenvalue weighted by molar-refractivity contribution is 5.91. The number of aliphatic imine (C=N–C) groups is 1. The Hall–Kier alpha value is -3.55. The van der Waals surface area contributed by atoms with E-state index < -0.39 is 0 Å². The van der Waals surface area contributed by atoms with Gasteiger partial charge in [-0.15, -0.1) is 0 Å². The maximum absolute atomic E-state index is 12.4. The molecule has 4 rings (SSSR count). The average Bonchev–Trinajstić information content (AvgIpc) is 3.34. The number of amides is 1. The van der Waals surface area contributed by atoms with Crippen LogP contribution < -0.4 is 10.6 Å². The second-order valence-electron chi connectivity index (χ2n) is 7.05. The van der Waals surface area contributed by atoms with Crippen LogP contribution in [-0.2, 0) is 0 Å². The smallest absolute Gasteiger partial charge is 0.289 e. The number of piperazine rings is 1. The summed E-state index contributed by atoms with van der Waals surface area (Å²) >= 11 is 0. The zero-order chi connectivity index (χ0) is 20.8. The maximum Gasteiger partial charge on any atom is 0.289 e. The number of hydrogen-bond donors (Lipinski definition) is 2. The van der Waals surface area contributed by atoms with Crippen molar-refractivity contribution < 1.29 is 9.21 Å². The first-order chi connectivity index (χ1) is 14.7. The Morgan fingerprint density at radius 2 is 1.83 bits per heavy atom. The van der Waals surface area contributed by atoms with Crippen LogP contribution >= 0.6 is 0 Å². The number of nitrogens with one attached hydrogen (secondary N) is 2. The quantitative estimate of drug-likeness (QED) is 0.384. The molecular formula is C22H26N6O2. The van der Waals surface area contributed by atoms with E-state index in [0.717, 1.165) is 42.3 Å². The number of fused-ring (bicyclic) bond motifs is 1. The molecule has 3 aromatic rings. The first-order valence-corrected chi connectivity index (χ1v) is 10.1. The van der Waals surface area contributed by atoms with Gasteiger partial charge in [-0.25, -0.2) is 4.98 Å². The highest BCUT2D eigenvalue weighted by Crippen LogP contribution is 2.14. The van der Waals surface area contributed by atoms with Crippen LogP contribution in [0.25, 0.3) is 10.9 Å². The van der Waals surface area contributed by atoms with Gasteiger partial charge in [-0.05, 0) is 30.3 Å². The number of rotatable bonds is 5. The highest BCUT2D eigenvalue weighted by atomic mass is 16.3. The van der Waals surface area contributed by atoms with Crippen LogP contribution in [0.3, 0.4) is 0 Å². The molecule has 0 spiro atoms. The molecule has 1 aliphatic rings. The minimum Gasteiger partial charge on any atom is -0.459 e. The third kappa shape index (κ3) is 4.53. The van der Waals surface area contributed by atoms with E-state index in [1.165, 1.54) is 6.26 Å². The van der Waals surface area contributed by atoms with E-state index in [-0.39, 0.29) is 5.91 Å². The highest BCUT2D eigenvalue weighted by Gasteiger charge is 2.24. The Balaban J connectivity index is 1.22. The van der Waals surface area contributed by atoms with Gasteiger partial charge in [0.05, 0.1) is 11.8 Å². The monoisotopic (exact) mass is 406 g/mol. The number of anilines is 1. The number of carbonyl (C=O) groups is 1. The topological polar surface area (TPSA) is 86.0 Å². The maximum atomic E-state index is 12.4. The summed E-state index contributed by atoms with van der Waals surface area (Å²) in [6.45, 7) is 4.17. The lowest BCUT2D eigenvalue weighted by atomic mass is 10.2. The summed E-state index contributed by atoms with van der Waals surface area (Å²) in [6, 6.07) is 15.6. The number of nitrogens with zero attached hydrogens (tertiary/aromatic N) is 4. The molecule has 0 unspecified atom stereocenters. The minimum atomic E-state index is -0.0605. The molecule has 2 N–H and O–H groups in total. The van der Waals surface area contributed by atoms with Crippen molar-refractivity contribution in [1.82, 2.24) is 20.1 Å². The fraction of sp³-hybridized carbons (Fsp3) is 0.318. The summed E-state index contributed by atoms with van der Waals surface area (Å²) in [5.41, 5.74) is 0.980. The van der Waals surface area contributed by atoms with E-state index in [1.807, 2.05) is 29.2 Å². The van der Waals surface area contributed by atoms with Crippen molar-refractivity contribution in [3.63, 3.8) is 0 Å². The average molecular weight is 406 g/mol. The standard InChI is InChI=1S/C22H26N6O2/c1-23-22(28-14-12-27(13-15-28)21(29)19-7-4-16-30-19)25-11-10-24-20-9-8-17-5-2-3-6-18(17)26-20/h2-9,16H,10-15H2,1H3,(H,23,25)(H,24,26). The van der Waals surface area contributed by atoms with Gasteiger partial charge in [-0.3, -0.25) is 9.79 Å². The van der Waals surface area contributed by atoms with E-state index >= 15 is 0 Å². The number of benzene rings is 1. The number of carbonyl (C=O) groups excluding carboxylic acids is 1. The van der Waals surface area contributed by atoms with Crippen LogP contribution in [-0.4, -0.2) is 73.0 Å². The summed E-state index contributed by atoms with van der Waals surface area (Å²) in [7, 11) is 1.78. The van der Waals surface area contributed by atoms with E-state index in [4.69, 9.17) is 4.42 Å². The first-order valence-electron chi connectivity index (χ1n) is 10.1. The Morgan fingerprint density at radius 3 is 2.60 bits per heavy atom. The second kappa shape index (κ2) is 9.30. The molecule has 156 valence electrons. The lowest BCUT2D eigenvalue weighted by Crippen LogP contribution is -2.54. The van der Waals surface area contributed by atoms with Gasteiger partial charge in [0.25, 0.3) is 5.91 Å². The van der Waals surface area contributed by atoms with Crippen molar-refractivity contribution in [3.8, 4) is 0 Å². The zero-order valence-electron chi connectivity index (χ0n) is 17.0. The molecule has 0 radical (unpaired) electrons. The molecule has 1 aliphatic heterocycles. The molecule has 3 heterocycles. The Morgan fingerprint density at radius 1 is 1.03 bits per heavy atom. The van der Waals surface area contributed by atoms with Crippen molar-refractivity contribution in [3.05, 3.63) is 60.6 Å². The van der Waals surface area contributed by atoms with Crippen molar-refractivity contribution in [1.29, 1.82) is 0 Å². The van der Waals surface area contributed by atoms with Crippen molar-refractivity contribution >= 4 is 28.6 Å². The van der Waals surface area contributed by atoms with Crippen LogP contribution in [0.1, 0.15) is 10.6 Å². The number of para-hydroxylation sites is 1. The molecule has 1 amide bonds. The van der Waals surface area contributed by atoms with Gasteiger partial charge in [0, 0.05) is 51.7 Å². The first kappa shape index (κ1) is 19.8. The Kier molecular flexibility index (Phi) is 6.12. The molecule has 0 saturated carbocycles. The molecule has 0 aliphatic carbocycles. The lowest BCUT2D eigenvalue weighted by molar-refractivity contribution is 0.0658. The van der Waals surface area contributed by atoms with Crippen LogP contribution in [0.15, 0.2) is 64.2 Å². The summed E-state index contributed by atoms with van der Waals surface area (Å²) in [6.07, 6.45) is 1.52. The number of furan rings is 1. The molecule has 0 bridgehead atoms. The molecule has 1 saturated heterocycles. The van der Waals surface area contributed by atoms with Crippen LogP contribution in [0.2, 0.25) is 0 Å². The van der Waals surface area contributed by atoms with Crippen molar-refractivity contribution in [2.75, 3.05) is 51.6 Å². The van der Waals surface area contributed by atoms with Crippen LogP contribution in [0.4, 0.5) is 5.82 Å². The SMILES string of the molecule is CN=C(NCCNc1ccc2ccccc2n1)N1CCN(C(=O)c2ccco2)CC1. The zero-order valence-corrected chi connectivity index (χ0v) is 17.0. The molecule has 0 atom stereocenters. The molecule has 8 heteroatoms. The van der Waals surface area contributed by atoms with Gasteiger partial charge >= 0.3 is 0 Å². The van der Waals surface area contributed by atoms with E-state index in [0.29, 0.717) is 25.4 Å².